The highest BCUT2D eigenvalue weighted by Crippen LogP contribution is 2.38. The second-order valence-electron chi connectivity index (χ2n) is 8.61. The Bertz CT molecular complexity index is 983. The maximum Gasteiger partial charge on any atom is 0.233 e. The summed E-state index contributed by atoms with van der Waals surface area (Å²) in [5.41, 5.74) is 1.93. The van der Waals surface area contributed by atoms with E-state index in [1.54, 1.807) is 7.11 Å². The van der Waals surface area contributed by atoms with E-state index in [9.17, 15) is 14.4 Å². The van der Waals surface area contributed by atoms with Crippen LogP contribution in [0, 0.1) is 11.8 Å². The average molecular weight is 451 g/mol. The van der Waals surface area contributed by atoms with E-state index in [2.05, 4.69) is 5.32 Å². The first kappa shape index (κ1) is 22.8. The van der Waals surface area contributed by atoms with E-state index >= 15 is 0 Å². The van der Waals surface area contributed by atoms with E-state index in [4.69, 9.17) is 9.47 Å². The molecule has 174 valence electrons. The number of methoxy groups -OCH3 is 1. The van der Waals surface area contributed by atoms with Crippen LogP contribution >= 0.6 is 0 Å². The average Bonchev–Trinajstić information content (AvgIpc) is 3.10. The minimum atomic E-state index is -0.200. The fourth-order valence-corrected chi connectivity index (χ4v) is 4.63. The Morgan fingerprint density at radius 1 is 0.970 bits per heavy atom. The van der Waals surface area contributed by atoms with Crippen molar-refractivity contribution in [1.29, 1.82) is 0 Å². The summed E-state index contributed by atoms with van der Waals surface area (Å²) >= 11 is 0. The number of hydrogen-bond donors (Lipinski definition) is 1. The van der Waals surface area contributed by atoms with Crippen LogP contribution < -0.4 is 14.8 Å². The van der Waals surface area contributed by atoms with Gasteiger partial charge < -0.3 is 14.8 Å². The Labute approximate surface area is 194 Å². The summed E-state index contributed by atoms with van der Waals surface area (Å²) in [6.45, 7) is 0.899. The molecule has 7 heteroatoms. The first-order valence-electron chi connectivity index (χ1n) is 11.5. The lowest BCUT2D eigenvalue weighted by atomic mass is 9.81. The van der Waals surface area contributed by atoms with Gasteiger partial charge in [-0.3, -0.25) is 19.3 Å². The molecule has 1 N–H and O–H groups in total. The Kier molecular flexibility index (Phi) is 7.27. The lowest BCUT2D eigenvalue weighted by Crippen LogP contribution is -2.35. The molecule has 2 aliphatic rings. The highest BCUT2D eigenvalue weighted by molar-refractivity contribution is 6.05. The number of amides is 3. The van der Waals surface area contributed by atoms with Gasteiger partial charge >= 0.3 is 0 Å². The monoisotopic (exact) mass is 450 g/mol. The smallest absolute Gasteiger partial charge is 0.233 e. The zero-order chi connectivity index (χ0) is 23.2. The van der Waals surface area contributed by atoms with Gasteiger partial charge in [0.15, 0.2) is 11.5 Å². The van der Waals surface area contributed by atoms with Gasteiger partial charge in [-0.1, -0.05) is 49.2 Å². The fourth-order valence-electron chi connectivity index (χ4n) is 4.63. The summed E-state index contributed by atoms with van der Waals surface area (Å²) in [5.74, 6) is 0.460. The van der Waals surface area contributed by atoms with Crippen LogP contribution in [0.3, 0.4) is 0 Å². The van der Waals surface area contributed by atoms with Gasteiger partial charge in [-0.2, -0.15) is 0 Å². The van der Waals surface area contributed by atoms with Crippen molar-refractivity contribution in [2.24, 2.45) is 11.8 Å². The molecule has 2 atom stereocenters. The number of likely N-dealkylation sites (tertiary alicyclic amines) is 1. The number of rotatable bonds is 9. The maximum atomic E-state index is 12.5. The molecular weight excluding hydrogens is 420 g/mol. The second kappa shape index (κ2) is 10.5. The van der Waals surface area contributed by atoms with Crippen molar-refractivity contribution >= 4 is 17.7 Å². The zero-order valence-electron chi connectivity index (χ0n) is 18.9. The highest BCUT2D eigenvalue weighted by Gasteiger charge is 2.47. The van der Waals surface area contributed by atoms with Gasteiger partial charge in [-0.25, -0.2) is 0 Å². The Morgan fingerprint density at radius 2 is 1.67 bits per heavy atom. The summed E-state index contributed by atoms with van der Waals surface area (Å²) in [7, 11) is 1.58. The lowest BCUT2D eigenvalue weighted by Gasteiger charge is -2.19. The predicted molar refractivity (Wildman–Crippen MR) is 122 cm³/mol. The van der Waals surface area contributed by atoms with Crippen LogP contribution in [0.4, 0.5) is 0 Å². The van der Waals surface area contributed by atoms with Gasteiger partial charge in [0.05, 0.1) is 18.9 Å². The van der Waals surface area contributed by atoms with E-state index in [1.165, 1.54) is 4.90 Å². The molecule has 0 spiro atoms. The second-order valence-corrected chi connectivity index (χ2v) is 8.61. The standard InChI is InChI=1S/C26H30N2O5/c1-32-23-15-19(11-12-22(23)33-17-18-7-3-2-4-8-18)16-27-24(29)13-14-28-25(30)20-9-5-6-10-21(20)26(28)31/h2-4,7-8,11-12,15,20-21H,5-6,9-10,13-14,16-17H2,1H3,(H,27,29)/t20-,21-/m1/s1. The number of ether oxygens (including phenoxy) is 2. The Morgan fingerprint density at radius 3 is 2.33 bits per heavy atom. The van der Waals surface area contributed by atoms with Gasteiger partial charge in [0.2, 0.25) is 17.7 Å². The summed E-state index contributed by atoms with van der Waals surface area (Å²) in [4.78, 5) is 38.7. The summed E-state index contributed by atoms with van der Waals surface area (Å²) in [6, 6.07) is 15.4. The molecular formula is C26H30N2O5. The third-order valence-corrected chi connectivity index (χ3v) is 6.45. The number of carbonyl (C=O) groups is 3. The number of benzene rings is 2. The molecule has 0 aromatic heterocycles. The molecule has 4 rings (SSSR count). The van der Waals surface area contributed by atoms with Crippen LogP contribution in [0.5, 0.6) is 11.5 Å². The third kappa shape index (κ3) is 5.35. The van der Waals surface area contributed by atoms with Crippen LogP contribution in [0.1, 0.15) is 43.2 Å². The molecule has 1 saturated carbocycles. The topological polar surface area (TPSA) is 84.9 Å². The van der Waals surface area contributed by atoms with Crippen molar-refractivity contribution in [3.05, 3.63) is 59.7 Å². The minimum absolute atomic E-state index is 0.103. The van der Waals surface area contributed by atoms with Gasteiger partial charge in [-0.15, -0.1) is 0 Å². The number of hydrogen-bond acceptors (Lipinski definition) is 5. The van der Waals surface area contributed by atoms with Gasteiger partial charge in [-0.05, 0) is 36.1 Å². The Balaban J connectivity index is 1.26. The third-order valence-electron chi connectivity index (χ3n) is 6.45. The largest absolute Gasteiger partial charge is 0.493 e. The molecule has 7 nitrogen and oxygen atoms in total. The van der Waals surface area contributed by atoms with E-state index in [0.29, 0.717) is 24.7 Å². The van der Waals surface area contributed by atoms with Gasteiger partial charge in [0.25, 0.3) is 0 Å². The molecule has 0 bridgehead atoms. The van der Waals surface area contributed by atoms with Crippen molar-refractivity contribution in [2.45, 2.75) is 45.3 Å². The van der Waals surface area contributed by atoms with Crippen molar-refractivity contribution in [3.8, 4) is 11.5 Å². The SMILES string of the molecule is COc1cc(CNC(=O)CCN2C(=O)[C@@H]3CCCC[C@H]3C2=O)ccc1OCc1ccccc1. The minimum Gasteiger partial charge on any atom is -0.493 e. The normalized spacial score (nSPS) is 19.8. The number of carbonyl (C=O) groups excluding carboxylic acids is 3. The van der Waals surface area contributed by atoms with Crippen LogP contribution in [0.25, 0.3) is 0 Å². The molecule has 2 aromatic carbocycles. The number of fused-ring (bicyclic) bond motifs is 1. The van der Waals surface area contributed by atoms with Crippen LogP contribution in [-0.2, 0) is 27.5 Å². The van der Waals surface area contributed by atoms with E-state index in [-0.39, 0.29) is 42.5 Å². The molecule has 3 amide bonds. The fraction of sp³-hybridized carbons (Fsp3) is 0.423. The van der Waals surface area contributed by atoms with Crippen molar-refractivity contribution in [2.75, 3.05) is 13.7 Å². The molecule has 1 aliphatic heterocycles. The molecule has 1 saturated heterocycles. The van der Waals surface area contributed by atoms with Crippen LogP contribution in [0.2, 0.25) is 0 Å². The highest BCUT2D eigenvalue weighted by atomic mass is 16.5. The predicted octanol–water partition coefficient (Wildman–Crippen LogP) is 3.46. The number of nitrogens with one attached hydrogen (secondary N) is 1. The van der Waals surface area contributed by atoms with E-state index in [1.807, 2.05) is 48.5 Å². The first-order valence-corrected chi connectivity index (χ1v) is 11.5. The van der Waals surface area contributed by atoms with Crippen molar-refractivity contribution in [3.63, 3.8) is 0 Å². The van der Waals surface area contributed by atoms with Crippen molar-refractivity contribution < 1.29 is 23.9 Å². The summed E-state index contributed by atoms with van der Waals surface area (Å²) in [5, 5.41) is 2.86. The molecule has 2 fully saturated rings. The molecule has 1 heterocycles. The zero-order valence-corrected chi connectivity index (χ0v) is 18.9. The summed E-state index contributed by atoms with van der Waals surface area (Å²) in [6.07, 6.45) is 3.66. The van der Waals surface area contributed by atoms with Crippen molar-refractivity contribution in [1.82, 2.24) is 10.2 Å². The van der Waals surface area contributed by atoms with Crippen LogP contribution in [-0.4, -0.2) is 36.3 Å². The molecule has 33 heavy (non-hydrogen) atoms. The number of imide groups is 1. The molecule has 0 unspecified atom stereocenters. The van der Waals surface area contributed by atoms with Gasteiger partial charge in [0, 0.05) is 19.5 Å². The Hall–Kier alpha value is -3.35. The number of nitrogens with zero attached hydrogens (tertiary/aromatic N) is 1. The molecule has 1 aliphatic carbocycles. The lowest BCUT2D eigenvalue weighted by molar-refractivity contribution is -0.140. The first-order chi connectivity index (χ1) is 16.1. The quantitative estimate of drug-likeness (QED) is 0.592. The van der Waals surface area contributed by atoms with E-state index in [0.717, 1.165) is 36.8 Å². The van der Waals surface area contributed by atoms with E-state index < -0.39 is 0 Å². The molecule has 2 aromatic rings. The van der Waals surface area contributed by atoms with Gasteiger partial charge in [0.1, 0.15) is 6.61 Å². The summed E-state index contributed by atoms with van der Waals surface area (Å²) < 4.78 is 11.3. The molecule has 0 radical (unpaired) electrons. The maximum absolute atomic E-state index is 12.5. The van der Waals surface area contributed by atoms with Crippen LogP contribution in [0.15, 0.2) is 48.5 Å².